The Bertz CT molecular complexity index is 674. The summed E-state index contributed by atoms with van der Waals surface area (Å²) in [5.41, 5.74) is 2.00. The van der Waals surface area contributed by atoms with Gasteiger partial charge in [-0.3, -0.25) is 0 Å². The third-order valence-corrected chi connectivity index (χ3v) is 4.66. The molecule has 1 aromatic heterocycles. The zero-order chi connectivity index (χ0) is 15.6. The van der Waals surface area contributed by atoms with Crippen molar-refractivity contribution in [1.29, 1.82) is 0 Å². The van der Waals surface area contributed by atoms with E-state index in [0.717, 1.165) is 23.7 Å². The van der Waals surface area contributed by atoms with Crippen molar-refractivity contribution in [3.8, 4) is 11.6 Å². The number of rotatable bonds is 5. The first-order chi connectivity index (χ1) is 11.3. The second kappa shape index (κ2) is 6.16. The largest absolute Gasteiger partial charge is 0.439 e. The third kappa shape index (κ3) is 3.29. The SMILES string of the molecule is Cc1cc(Oc2ccc(NCC3CC4CCC3O4)cc2)ncn1. The van der Waals surface area contributed by atoms with E-state index in [0.29, 0.717) is 24.0 Å². The molecule has 3 atom stereocenters. The molecular weight excluding hydrogens is 290 g/mol. The molecule has 0 amide bonds. The minimum Gasteiger partial charge on any atom is -0.439 e. The van der Waals surface area contributed by atoms with Gasteiger partial charge in [0.2, 0.25) is 5.88 Å². The molecule has 120 valence electrons. The van der Waals surface area contributed by atoms with Crippen LogP contribution in [0.25, 0.3) is 0 Å². The van der Waals surface area contributed by atoms with Gasteiger partial charge >= 0.3 is 0 Å². The van der Waals surface area contributed by atoms with Crippen molar-refractivity contribution in [1.82, 2.24) is 9.97 Å². The van der Waals surface area contributed by atoms with Crippen LogP contribution in [0.2, 0.25) is 0 Å². The Hall–Kier alpha value is -2.14. The predicted octanol–water partition coefficient (Wildman–Crippen LogP) is 3.56. The van der Waals surface area contributed by atoms with Crippen LogP contribution in [-0.4, -0.2) is 28.7 Å². The van der Waals surface area contributed by atoms with Crippen LogP contribution in [0.1, 0.15) is 25.0 Å². The van der Waals surface area contributed by atoms with Gasteiger partial charge < -0.3 is 14.8 Å². The number of ether oxygens (including phenoxy) is 2. The van der Waals surface area contributed by atoms with Gasteiger partial charge in [-0.25, -0.2) is 9.97 Å². The maximum absolute atomic E-state index is 5.90. The molecule has 2 aliphatic rings. The fourth-order valence-electron chi connectivity index (χ4n) is 3.45. The van der Waals surface area contributed by atoms with Gasteiger partial charge in [-0.05, 0) is 50.5 Å². The average molecular weight is 311 g/mol. The fraction of sp³-hybridized carbons (Fsp3) is 0.444. The Kier molecular flexibility index (Phi) is 3.87. The molecule has 0 aliphatic carbocycles. The summed E-state index contributed by atoms with van der Waals surface area (Å²) in [5.74, 6) is 1.99. The summed E-state index contributed by atoms with van der Waals surface area (Å²) >= 11 is 0. The van der Waals surface area contributed by atoms with Gasteiger partial charge in [0.25, 0.3) is 0 Å². The van der Waals surface area contributed by atoms with Crippen LogP contribution in [0.5, 0.6) is 11.6 Å². The zero-order valence-corrected chi connectivity index (χ0v) is 13.2. The second-order valence-corrected chi connectivity index (χ2v) is 6.37. The molecule has 0 spiro atoms. The summed E-state index contributed by atoms with van der Waals surface area (Å²) in [6.45, 7) is 2.90. The highest BCUT2D eigenvalue weighted by atomic mass is 16.5. The summed E-state index contributed by atoms with van der Waals surface area (Å²) in [4.78, 5) is 8.17. The number of benzene rings is 1. The molecule has 1 N–H and O–H groups in total. The zero-order valence-electron chi connectivity index (χ0n) is 13.2. The Morgan fingerprint density at radius 3 is 2.78 bits per heavy atom. The molecule has 0 radical (unpaired) electrons. The number of anilines is 1. The lowest BCUT2D eigenvalue weighted by molar-refractivity contribution is 0.0941. The minimum atomic E-state index is 0.469. The molecule has 2 aromatic rings. The first-order valence-electron chi connectivity index (χ1n) is 8.22. The van der Waals surface area contributed by atoms with Crippen LogP contribution in [-0.2, 0) is 4.74 Å². The summed E-state index contributed by atoms with van der Waals surface area (Å²) in [5, 5.41) is 3.51. The highest BCUT2D eigenvalue weighted by molar-refractivity contribution is 5.47. The van der Waals surface area contributed by atoms with E-state index in [1.165, 1.54) is 25.6 Å². The number of aryl methyl sites for hydroxylation is 1. The van der Waals surface area contributed by atoms with Crippen molar-refractivity contribution < 1.29 is 9.47 Å². The predicted molar refractivity (Wildman–Crippen MR) is 87.8 cm³/mol. The van der Waals surface area contributed by atoms with Gasteiger partial charge in [0.15, 0.2) is 0 Å². The number of hydrogen-bond donors (Lipinski definition) is 1. The topological polar surface area (TPSA) is 56.3 Å². The molecule has 1 aromatic carbocycles. The Morgan fingerprint density at radius 1 is 1.22 bits per heavy atom. The van der Waals surface area contributed by atoms with Crippen molar-refractivity contribution in [2.24, 2.45) is 5.92 Å². The molecule has 0 saturated carbocycles. The van der Waals surface area contributed by atoms with E-state index < -0.39 is 0 Å². The van der Waals surface area contributed by atoms with E-state index in [-0.39, 0.29) is 0 Å². The molecular formula is C18H21N3O2. The van der Waals surface area contributed by atoms with E-state index in [1.54, 1.807) is 0 Å². The van der Waals surface area contributed by atoms with Crippen molar-refractivity contribution >= 4 is 5.69 Å². The maximum Gasteiger partial charge on any atom is 0.222 e. The quantitative estimate of drug-likeness (QED) is 0.915. The summed E-state index contributed by atoms with van der Waals surface area (Å²) < 4.78 is 11.6. The average Bonchev–Trinajstić information content (AvgIpc) is 3.17. The first-order valence-corrected chi connectivity index (χ1v) is 8.22. The number of aromatic nitrogens is 2. The van der Waals surface area contributed by atoms with Crippen LogP contribution in [0.3, 0.4) is 0 Å². The molecule has 2 saturated heterocycles. The summed E-state index contributed by atoms with van der Waals surface area (Å²) in [6.07, 6.45) is 6.16. The van der Waals surface area contributed by atoms with Gasteiger partial charge in [-0.2, -0.15) is 0 Å². The standard InChI is InChI=1S/C18H21N3O2/c1-12-8-18(21-11-20-12)23-15-4-2-14(3-5-15)19-10-13-9-16-6-7-17(13)22-16/h2-5,8,11,13,16-17,19H,6-7,9-10H2,1H3. The van der Waals surface area contributed by atoms with Gasteiger partial charge in [0.05, 0.1) is 12.2 Å². The van der Waals surface area contributed by atoms with Crippen molar-refractivity contribution in [2.75, 3.05) is 11.9 Å². The van der Waals surface area contributed by atoms with Crippen LogP contribution < -0.4 is 10.1 Å². The first kappa shape index (κ1) is 14.5. The van der Waals surface area contributed by atoms with E-state index in [9.17, 15) is 0 Å². The lowest BCUT2D eigenvalue weighted by atomic mass is 9.89. The second-order valence-electron chi connectivity index (χ2n) is 6.37. The van der Waals surface area contributed by atoms with E-state index >= 15 is 0 Å². The fourth-order valence-corrected chi connectivity index (χ4v) is 3.45. The van der Waals surface area contributed by atoms with Crippen LogP contribution >= 0.6 is 0 Å². The molecule has 5 nitrogen and oxygen atoms in total. The van der Waals surface area contributed by atoms with Crippen LogP contribution in [0.15, 0.2) is 36.7 Å². The molecule has 3 unspecified atom stereocenters. The lowest BCUT2D eigenvalue weighted by Gasteiger charge is -2.19. The van der Waals surface area contributed by atoms with Gasteiger partial charge in [0.1, 0.15) is 12.1 Å². The molecule has 4 rings (SSSR count). The van der Waals surface area contributed by atoms with Crippen LogP contribution in [0.4, 0.5) is 5.69 Å². The smallest absolute Gasteiger partial charge is 0.222 e. The molecule has 2 bridgehead atoms. The Labute approximate surface area is 136 Å². The number of fused-ring (bicyclic) bond motifs is 2. The van der Waals surface area contributed by atoms with Crippen molar-refractivity contribution in [3.63, 3.8) is 0 Å². The van der Waals surface area contributed by atoms with E-state index in [4.69, 9.17) is 9.47 Å². The maximum atomic E-state index is 5.90. The monoisotopic (exact) mass is 311 g/mol. The van der Waals surface area contributed by atoms with Crippen molar-refractivity contribution in [2.45, 2.75) is 38.4 Å². The molecule has 2 aliphatic heterocycles. The van der Waals surface area contributed by atoms with E-state index in [2.05, 4.69) is 15.3 Å². The number of hydrogen-bond acceptors (Lipinski definition) is 5. The van der Waals surface area contributed by atoms with E-state index in [1.807, 2.05) is 37.3 Å². The van der Waals surface area contributed by atoms with Gasteiger partial charge in [-0.1, -0.05) is 0 Å². The Morgan fingerprint density at radius 2 is 2.09 bits per heavy atom. The number of nitrogens with one attached hydrogen (secondary N) is 1. The molecule has 3 heterocycles. The normalized spacial score (nSPS) is 25.5. The number of nitrogens with zero attached hydrogens (tertiary/aromatic N) is 2. The van der Waals surface area contributed by atoms with Crippen molar-refractivity contribution in [3.05, 3.63) is 42.4 Å². The lowest BCUT2D eigenvalue weighted by Crippen LogP contribution is -2.24. The summed E-state index contributed by atoms with van der Waals surface area (Å²) in [6, 6.07) is 9.81. The highest BCUT2D eigenvalue weighted by Crippen LogP contribution is 2.38. The Balaban J connectivity index is 1.33. The highest BCUT2D eigenvalue weighted by Gasteiger charge is 2.40. The summed E-state index contributed by atoms with van der Waals surface area (Å²) in [7, 11) is 0. The molecule has 23 heavy (non-hydrogen) atoms. The minimum absolute atomic E-state index is 0.469. The van der Waals surface area contributed by atoms with Gasteiger partial charge in [-0.15, -0.1) is 0 Å². The van der Waals surface area contributed by atoms with Gasteiger partial charge in [0, 0.05) is 29.9 Å². The van der Waals surface area contributed by atoms with Crippen LogP contribution in [0, 0.1) is 12.8 Å². The molecule has 2 fully saturated rings. The molecule has 5 heteroatoms. The third-order valence-electron chi connectivity index (χ3n) is 4.66.